The molecule has 0 unspecified atom stereocenters. The maximum absolute atomic E-state index is 11.3. The second-order valence-corrected chi connectivity index (χ2v) is 3.14. The maximum Gasteiger partial charge on any atom is 0.251 e. The number of allylic oxidation sites excluding steroid dienone is 2. The van der Waals surface area contributed by atoms with Crippen LogP contribution in [-0.2, 0) is 9.59 Å². The molecule has 3 nitrogen and oxygen atoms in total. The molecule has 0 aliphatic heterocycles. The van der Waals surface area contributed by atoms with Crippen molar-refractivity contribution in [1.29, 1.82) is 0 Å². The zero-order valence-electron chi connectivity index (χ0n) is 9.96. The summed E-state index contributed by atoms with van der Waals surface area (Å²) < 4.78 is 0. The Morgan fingerprint density at radius 3 is 2.31 bits per heavy atom. The minimum Gasteiger partial charge on any atom is -0.348 e. The fraction of sp³-hybridized carbons (Fsp3) is 0.308. The van der Waals surface area contributed by atoms with Gasteiger partial charge in [-0.1, -0.05) is 18.7 Å². The summed E-state index contributed by atoms with van der Waals surface area (Å²) in [7, 11) is 0. The van der Waals surface area contributed by atoms with E-state index in [2.05, 4.69) is 17.6 Å². The molecule has 0 fully saturated rings. The Morgan fingerprint density at radius 2 is 1.94 bits per heavy atom. The Balaban J connectivity index is 4.62. The summed E-state index contributed by atoms with van der Waals surface area (Å²) in [4.78, 5) is 22.4. The minimum absolute atomic E-state index is 0.0101. The van der Waals surface area contributed by atoms with Crippen molar-refractivity contribution in [1.82, 2.24) is 5.32 Å². The van der Waals surface area contributed by atoms with Crippen LogP contribution in [-0.4, -0.2) is 18.2 Å². The second kappa shape index (κ2) is 7.43. The van der Waals surface area contributed by atoms with Crippen molar-refractivity contribution in [2.24, 2.45) is 0 Å². The van der Waals surface area contributed by atoms with E-state index in [0.29, 0.717) is 12.1 Å². The van der Waals surface area contributed by atoms with Gasteiger partial charge in [0.15, 0.2) is 5.78 Å². The third-order valence-corrected chi connectivity index (χ3v) is 2.05. The largest absolute Gasteiger partial charge is 0.348 e. The normalized spacial score (nSPS) is 11.7. The molecule has 0 aromatic rings. The Labute approximate surface area is 96.2 Å². The van der Waals surface area contributed by atoms with E-state index in [-0.39, 0.29) is 11.7 Å². The Kier molecular flexibility index (Phi) is 6.57. The Hall–Kier alpha value is -1.86. The van der Waals surface area contributed by atoms with E-state index in [1.165, 1.54) is 13.0 Å². The van der Waals surface area contributed by atoms with Crippen molar-refractivity contribution in [3.8, 4) is 0 Å². The first-order valence-electron chi connectivity index (χ1n) is 5.03. The smallest absolute Gasteiger partial charge is 0.251 e. The van der Waals surface area contributed by atoms with Gasteiger partial charge in [0.25, 0.3) is 5.91 Å². The molecule has 0 saturated heterocycles. The third-order valence-electron chi connectivity index (χ3n) is 2.05. The summed E-state index contributed by atoms with van der Waals surface area (Å²) in [6, 6.07) is 0. The fourth-order valence-corrected chi connectivity index (χ4v) is 1.29. The number of Topliss-reactive ketones (excluding diaryl/α,β-unsaturated/α-hetero) is 1. The predicted molar refractivity (Wildman–Crippen MR) is 64.9 cm³/mol. The van der Waals surface area contributed by atoms with Crippen molar-refractivity contribution in [3.63, 3.8) is 0 Å². The van der Waals surface area contributed by atoms with Gasteiger partial charge in [-0.25, -0.2) is 0 Å². The molecular formula is C13H17NO2. The number of amides is 1. The molecule has 3 heteroatoms. The lowest BCUT2D eigenvalue weighted by molar-refractivity contribution is -0.116. The first kappa shape index (κ1) is 14.1. The summed E-state index contributed by atoms with van der Waals surface area (Å²) in [6.45, 7) is 8.76. The van der Waals surface area contributed by atoms with Crippen molar-refractivity contribution in [2.75, 3.05) is 6.54 Å². The maximum atomic E-state index is 11.3. The van der Waals surface area contributed by atoms with Crippen LogP contribution in [0.4, 0.5) is 0 Å². The monoisotopic (exact) mass is 219 g/mol. The lowest BCUT2D eigenvalue weighted by Gasteiger charge is -2.09. The van der Waals surface area contributed by atoms with Crippen LogP contribution < -0.4 is 5.32 Å². The highest BCUT2D eigenvalue weighted by Crippen LogP contribution is 2.09. The molecule has 0 aromatic heterocycles. The predicted octanol–water partition coefficient (Wildman–Crippen LogP) is 1.93. The molecule has 86 valence electrons. The average Bonchev–Trinajstić information content (AvgIpc) is 2.23. The SMILES string of the molecule is C=C=CC(=O)NCC(=C/C)/C(=C\C)C(C)=O. The van der Waals surface area contributed by atoms with Crippen LogP contribution in [0.2, 0.25) is 0 Å². The van der Waals surface area contributed by atoms with Crippen LogP contribution in [0.15, 0.2) is 41.7 Å². The number of hydrogen-bond acceptors (Lipinski definition) is 2. The van der Waals surface area contributed by atoms with Crippen molar-refractivity contribution < 1.29 is 9.59 Å². The minimum atomic E-state index is -0.270. The van der Waals surface area contributed by atoms with Gasteiger partial charge in [0.1, 0.15) is 0 Å². The number of carbonyl (C=O) groups excluding carboxylic acids is 2. The molecule has 0 saturated carbocycles. The van der Waals surface area contributed by atoms with Gasteiger partial charge in [-0.3, -0.25) is 9.59 Å². The van der Waals surface area contributed by atoms with Gasteiger partial charge in [0.05, 0.1) is 0 Å². The quantitative estimate of drug-likeness (QED) is 0.436. The summed E-state index contributed by atoms with van der Waals surface area (Å²) in [5.41, 5.74) is 3.82. The summed E-state index contributed by atoms with van der Waals surface area (Å²) >= 11 is 0. The first-order valence-corrected chi connectivity index (χ1v) is 5.03. The van der Waals surface area contributed by atoms with E-state index >= 15 is 0 Å². The average molecular weight is 219 g/mol. The van der Waals surface area contributed by atoms with E-state index in [0.717, 1.165) is 5.57 Å². The fourth-order valence-electron chi connectivity index (χ4n) is 1.29. The first-order chi connectivity index (χ1) is 7.56. The third kappa shape index (κ3) is 4.58. The van der Waals surface area contributed by atoms with Crippen LogP contribution in [0.1, 0.15) is 20.8 Å². The molecule has 0 spiro atoms. The molecular weight excluding hydrogens is 202 g/mol. The summed E-state index contributed by atoms with van der Waals surface area (Å²) in [5, 5.41) is 2.65. The molecule has 0 aliphatic rings. The molecule has 0 aromatic carbocycles. The van der Waals surface area contributed by atoms with Gasteiger partial charge >= 0.3 is 0 Å². The number of nitrogens with one attached hydrogen (secondary N) is 1. The lowest BCUT2D eigenvalue weighted by atomic mass is 10.0. The van der Waals surface area contributed by atoms with E-state index in [9.17, 15) is 9.59 Å². The van der Waals surface area contributed by atoms with Gasteiger partial charge < -0.3 is 5.32 Å². The van der Waals surface area contributed by atoms with Crippen LogP contribution >= 0.6 is 0 Å². The summed E-state index contributed by atoms with van der Waals surface area (Å²) in [6.07, 6.45) is 4.78. The van der Waals surface area contributed by atoms with E-state index in [4.69, 9.17) is 0 Å². The molecule has 0 radical (unpaired) electrons. The molecule has 0 heterocycles. The van der Waals surface area contributed by atoms with Crippen molar-refractivity contribution in [3.05, 3.63) is 41.7 Å². The van der Waals surface area contributed by atoms with Crippen LogP contribution in [0.5, 0.6) is 0 Å². The van der Waals surface area contributed by atoms with Gasteiger partial charge in [-0.2, -0.15) is 0 Å². The molecule has 0 bridgehead atoms. The second-order valence-electron chi connectivity index (χ2n) is 3.14. The van der Waals surface area contributed by atoms with Gasteiger partial charge in [0.2, 0.25) is 0 Å². The van der Waals surface area contributed by atoms with Gasteiger partial charge in [-0.15, -0.1) is 5.73 Å². The number of carbonyl (C=O) groups is 2. The molecule has 0 rings (SSSR count). The molecule has 16 heavy (non-hydrogen) atoms. The van der Waals surface area contributed by atoms with E-state index < -0.39 is 0 Å². The zero-order valence-corrected chi connectivity index (χ0v) is 9.96. The molecule has 1 amide bonds. The van der Waals surface area contributed by atoms with Crippen LogP contribution in [0.3, 0.4) is 0 Å². The Morgan fingerprint density at radius 1 is 1.31 bits per heavy atom. The van der Waals surface area contributed by atoms with E-state index in [1.54, 1.807) is 13.0 Å². The van der Waals surface area contributed by atoms with Gasteiger partial charge in [-0.05, 0) is 26.3 Å². The number of rotatable bonds is 5. The van der Waals surface area contributed by atoms with Crippen molar-refractivity contribution in [2.45, 2.75) is 20.8 Å². The standard InChI is InChI=1S/C13H17NO2/c1-5-8-13(16)14-9-11(6-2)12(7-3)10(4)15/h6-8H,1,9H2,2-4H3,(H,14,16)/b11-6-,12-7-. The topological polar surface area (TPSA) is 46.2 Å². The number of ketones is 1. The van der Waals surface area contributed by atoms with Crippen LogP contribution in [0, 0.1) is 0 Å². The Bertz CT molecular complexity index is 383. The summed E-state index contributed by atoms with van der Waals surface area (Å²) in [5.74, 6) is -0.280. The highest BCUT2D eigenvalue weighted by Gasteiger charge is 2.08. The molecule has 1 N–H and O–H groups in total. The lowest BCUT2D eigenvalue weighted by Crippen LogP contribution is -2.24. The van der Waals surface area contributed by atoms with Gasteiger partial charge in [0, 0.05) is 18.2 Å². The van der Waals surface area contributed by atoms with E-state index in [1.807, 2.05) is 13.0 Å². The highest BCUT2D eigenvalue weighted by atomic mass is 16.1. The van der Waals surface area contributed by atoms with Crippen molar-refractivity contribution >= 4 is 11.7 Å². The number of hydrogen-bond donors (Lipinski definition) is 1. The highest BCUT2D eigenvalue weighted by molar-refractivity contribution is 5.98. The zero-order chi connectivity index (χ0) is 12.6. The van der Waals surface area contributed by atoms with Crippen LogP contribution in [0.25, 0.3) is 0 Å². The molecule has 0 atom stereocenters. The molecule has 0 aliphatic carbocycles.